The molecule has 4 nitrogen and oxygen atoms in total. The van der Waals surface area contributed by atoms with Gasteiger partial charge >= 0.3 is 7.82 Å². The van der Waals surface area contributed by atoms with Crippen LogP contribution in [-0.2, 0) is 9.09 Å². The highest BCUT2D eigenvalue weighted by molar-refractivity contribution is 7.46. The summed E-state index contributed by atoms with van der Waals surface area (Å²) in [6.07, 6.45) is 0. The van der Waals surface area contributed by atoms with Crippen molar-refractivity contribution in [3.05, 3.63) is 0 Å². The van der Waals surface area contributed by atoms with Crippen molar-refractivity contribution in [2.24, 2.45) is 0 Å². The second-order valence-electron chi connectivity index (χ2n) is 1.83. The van der Waals surface area contributed by atoms with E-state index in [2.05, 4.69) is 4.52 Å². The van der Waals surface area contributed by atoms with E-state index < -0.39 is 18.8 Å². The first-order valence-electron chi connectivity index (χ1n) is 2.29. The van der Waals surface area contributed by atoms with Gasteiger partial charge in [-0.2, -0.15) is 0 Å². The van der Waals surface area contributed by atoms with Crippen LogP contribution in [0, 0.1) is 0 Å². The summed E-state index contributed by atoms with van der Waals surface area (Å²) in [5.41, 5.74) is 0. The molecule has 2 N–H and O–H groups in total. The third kappa shape index (κ3) is 8.69. The van der Waals surface area contributed by atoms with Gasteiger partial charge in [-0.3, -0.25) is 4.52 Å². The van der Waals surface area contributed by atoms with E-state index in [1.807, 2.05) is 0 Å². The first-order valence-corrected chi connectivity index (χ1v) is 4.57. The van der Waals surface area contributed by atoms with Crippen LogP contribution in [0.4, 0.5) is 0 Å². The first kappa shape index (κ1) is 10.7. The molecule has 0 saturated carbocycles. The van der Waals surface area contributed by atoms with Crippen molar-refractivity contribution in [1.82, 2.24) is 0 Å². The summed E-state index contributed by atoms with van der Waals surface area (Å²) in [7, 11) is -4.43. The highest BCUT2D eigenvalue weighted by Crippen LogP contribution is 2.38. The minimum atomic E-state index is -4.43. The lowest BCUT2D eigenvalue weighted by Gasteiger charge is -2.12. The lowest BCUT2D eigenvalue weighted by molar-refractivity contribution is 0.193. The molecule has 0 spiro atoms. The summed E-state index contributed by atoms with van der Waals surface area (Å²) in [5, 5.41) is 0. The third-order valence-corrected chi connectivity index (χ3v) is 1.17. The maximum atomic E-state index is 10.0. The molecule has 0 saturated heterocycles. The number of alkyl halides is 2. The molecule has 0 aliphatic rings. The molecule has 7 heteroatoms. The number of rotatable bonds is 3. The quantitative estimate of drug-likeness (QED) is 0.542. The van der Waals surface area contributed by atoms with Crippen LogP contribution < -0.4 is 0 Å². The van der Waals surface area contributed by atoms with E-state index in [-0.39, 0.29) is 0 Å². The van der Waals surface area contributed by atoms with Crippen LogP contribution in [0.5, 0.6) is 0 Å². The fraction of sp³-hybridized carbons (Fsp3) is 1.00. The highest BCUT2D eigenvalue weighted by atomic mass is 35.5. The Kier molecular flexibility index (Phi) is 3.62. The summed E-state index contributed by atoms with van der Waals surface area (Å²) in [4.78, 5) is 16.3. The SMILES string of the molecule is CC(Cl)(Cl)COP(=O)(O)O. The van der Waals surface area contributed by atoms with E-state index in [1.165, 1.54) is 6.92 Å². The molecule has 0 aromatic heterocycles. The average Bonchev–Trinajstić information content (AvgIpc) is 1.57. The Balaban J connectivity index is 3.67. The van der Waals surface area contributed by atoms with Gasteiger partial charge in [-0.15, -0.1) is 0 Å². The molecule has 0 atom stereocenters. The minimum Gasteiger partial charge on any atom is -0.303 e. The van der Waals surface area contributed by atoms with Gasteiger partial charge in [0.25, 0.3) is 0 Å². The molecule has 10 heavy (non-hydrogen) atoms. The second-order valence-corrected chi connectivity index (χ2v) is 4.94. The van der Waals surface area contributed by atoms with E-state index >= 15 is 0 Å². The van der Waals surface area contributed by atoms with Gasteiger partial charge in [0.2, 0.25) is 0 Å². The molecule has 0 fully saturated rings. The second kappa shape index (κ2) is 3.39. The molecule has 0 aliphatic heterocycles. The van der Waals surface area contributed by atoms with E-state index in [0.717, 1.165) is 0 Å². The van der Waals surface area contributed by atoms with Gasteiger partial charge in [-0.25, -0.2) is 4.57 Å². The Morgan fingerprint density at radius 2 is 2.00 bits per heavy atom. The van der Waals surface area contributed by atoms with E-state index in [9.17, 15) is 4.57 Å². The van der Waals surface area contributed by atoms with Gasteiger partial charge in [0, 0.05) is 0 Å². The molecule has 0 aromatic rings. The highest BCUT2D eigenvalue weighted by Gasteiger charge is 2.23. The van der Waals surface area contributed by atoms with Crippen molar-refractivity contribution in [2.45, 2.75) is 11.3 Å². The minimum absolute atomic E-state index is 0.402. The Morgan fingerprint density at radius 1 is 1.60 bits per heavy atom. The Bertz CT molecular complexity index is 147. The maximum Gasteiger partial charge on any atom is 0.469 e. The molecule has 0 rings (SSSR count). The van der Waals surface area contributed by atoms with Crippen molar-refractivity contribution >= 4 is 31.0 Å². The number of hydrogen-bond acceptors (Lipinski definition) is 2. The normalized spacial score (nSPS) is 13.7. The molecular weight excluding hydrogens is 202 g/mol. The van der Waals surface area contributed by atoms with Crippen LogP contribution in [0.25, 0.3) is 0 Å². The number of phosphoric acid groups is 1. The summed E-state index contributed by atoms with van der Waals surface area (Å²) >= 11 is 10.7. The van der Waals surface area contributed by atoms with Crippen molar-refractivity contribution in [2.75, 3.05) is 6.61 Å². The van der Waals surface area contributed by atoms with Crippen LogP contribution in [-0.4, -0.2) is 20.7 Å². The fourth-order valence-corrected chi connectivity index (χ4v) is 0.885. The molecule has 0 radical (unpaired) electrons. The monoisotopic (exact) mass is 208 g/mol. The molecular formula is C3H7Cl2O4P. The molecule has 0 aromatic carbocycles. The molecule has 0 amide bonds. The van der Waals surface area contributed by atoms with Gasteiger partial charge in [-0.1, -0.05) is 23.2 Å². The zero-order valence-electron chi connectivity index (χ0n) is 5.12. The smallest absolute Gasteiger partial charge is 0.303 e. The summed E-state index contributed by atoms with van der Waals surface area (Å²) in [5.74, 6) is 0. The standard InChI is InChI=1S/C3H7Cl2O4P/c1-3(4,5)2-9-10(6,7)8/h2H2,1H3,(H2,6,7,8). The predicted octanol–water partition coefficient (Wildman–Crippen LogP) is 1.29. The summed E-state index contributed by atoms with van der Waals surface area (Å²) in [6.45, 7) is 0.964. The van der Waals surface area contributed by atoms with Crippen LogP contribution in [0.15, 0.2) is 0 Å². The van der Waals surface area contributed by atoms with Crippen LogP contribution in [0.3, 0.4) is 0 Å². The molecule has 0 bridgehead atoms. The van der Waals surface area contributed by atoms with Gasteiger partial charge in [0.05, 0.1) is 6.61 Å². The third-order valence-electron chi connectivity index (χ3n) is 0.486. The summed E-state index contributed by atoms with van der Waals surface area (Å²) < 4.78 is 12.8. The topological polar surface area (TPSA) is 66.8 Å². The Hall–Kier alpha value is 0.690. The Labute approximate surface area is 68.3 Å². The Morgan fingerprint density at radius 3 is 2.10 bits per heavy atom. The number of halogens is 2. The molecule has 0 aliphatic carbocycles. The summed E-state index contributed by atoms with van der Waals surface area (Å²) in [6, 6.07) is 0. The number of phosphoric ester groups is 1. The molecule has 0 unspecified atom stereocenters. The van der Waals surface area contributed by atoms with Gasteiger partial charge in [-0.05, 0) is 6.92 Å². The van der Waals surface area contributed by atoms with E-state index in [0.29, 0.717) is 0 Å². The maximum absolute atomic E-state index is 10.0. The van der Waals surface area contributed by atoms with Crippen LogP contribution in [0.2, 0.25) is 0 Å². The zero-order valence-corrected chi connectivity index (χ0v) is 7.53. The largest absolute Gasteiger partial charge is 0.469 e. The van der Waals surface area contributed by atoms with E-state index in [4.69, 9.17) is 33.0 Å². The van der Waals surface area contributed by atoms with Gasteiger partial charge in [0.1, 0.15) is 4.33 Å². The lowest BCUT2D eigenvalue weighted by atomic mass is 10.5. The average molecular weight is 209 g/mol. The number of hydrogen-bond donors (Lipinski definition) is 2. The van der Waals surface area contributed by atoms with Crippen molar-refractivity contribution in [3.63, 3.8) is 0 Å². The first-order chi connectivity index (χ1) is 4.21. The molecule has 0 heterocycles. The van der Waals surface area contributed by atoms with Crippen LogP contribution >= 0.6 is 31.0 Å². The van der Waals surface area contributed by atoms with Crippen LogP contribution in [0.1, 0.15) is 6.92 Å². The van der Waals surface area contributed by atoms with Gasteiger partial charge in [0.15, 0.2) is 0 Å². The molecule has 62 valence electrons. The van der Waals surface area contributed by atoms with Crippen molar-refractivity contribution < 1.29 is 18.9 Å². The van der Waals surface area contributed by atoms with Crippen molar-refractivity contribution in [3.8, 4) is 0 Å². The van der Waals surface area contributed by atoms with Gasteiger partial charge < -0.3 is 9.79 Å². The zero-order chi connectivity index (χ0) is 8.41. The lowest BCUT2D eigenvalue weighted by Crippen LogP contribution is -2.14. The van der Waals surface area contributed by atoms with E-state index in [1.54, 1.807) is 0 Å². The van der Waals surface area contributed by atoms with Crippen molar-refractivity contribution in [1.29, 1.82) is 0 Å². The fourth-order valence-electron chi connectivity index (χ4n) is 0.197. The predicted molar refractivity (Wildman–Crippen MR) is 38.1 cm³/mol.